The van der Waals surface area contributed by atoms with E-state index in [0.29, 0.717) is 11.3 Å². The number of carbonyl (C=O) groups excluding carboxylic acids is 3. The summed E-state index contributed by atoms with van der Waals surface area (Å²) >= 11 is 1.00. The molecule has 0 unspecified atom stereocenters. The zero-order valence-corrected chi connectivity index (χ0v) is 18.2. The van der Waals surface area contributed by atoms with Crippen LogP contribution in [0.4, 0.5) is 10.5 Å². The fourth-order valence-corrected chi connectivity index (χ4v) is 4.76. The summed E-state index contributed by atoms with van der Waals surface area (Å²) in [5, 5.41) is 2.70. The van der Waals surface area contributed by atoms with Gasteiger partial charge in [0.1, 0.15) is 5.82 Å². The fraction of sp³-hybridized carbons (Fsp3) is 0.250. The maximum absolute atomic E-state index is 12.9. The van der Waals surface area contributed by atoms with Crippen LogP contribution in [0.3, 0.4) is 0 Å². The molecule has 0 aliphatic carbocycles. The molecule has 2 aliphatic heterocycles. The van der Waals surface area contributed by atoms with Gasteiger partial charge < -0.3 is 9.88 Å². The molecular weight excluding hydrogens is 424 g/mol. The molecule has 0 radical (unpaired) electrons. The molecule has 7 nitrogen and oxygen atoms in total. The van der Waals surface area contributed by atoms with Crippen molar-refractivity contribution >= 4 is 34.5 Å². The third-order valence-electron chi connectivity index (χ3n) is 5.70. The number of aryl methyl sites for hydroxylation is 2. The second kappa shape index (κ2) is 8.63. The SMILES string of the molecule is O=C(Nc1cccc(-c2cn3c(n2)CCCC3)c1)c1cccc(CN2C(=O)CSC2=O)c1. The van der Waals surface area contributed by atoms with Crippen LogP contribution in [0.15, 0.2) is 54.7 Å². The Labute approximate surface area is 189 Å². The second-order valence-corrected chi connectivity index (χ2v) is 8.89. The van der Waals surface area contributed by atoms with Crippen LogP contribution < -0.4 is 5.32 Å². The van der Waals surface area contributed by atoms with Crippen molar-refractivity contribution in [2.45, 2.75) is 32.4 Å². The van der Waals surface area contributed by atoms with Crippen molar-refractivity contribution in [2.75, 3.05) is 11.1 Å². The van der Waals surface area contributed by atoms with Crippen LogP contribution in [0.2, 0.25) is 0 Å². The number of hydrogen-bond acceptors (Lipinski definition) is 5. The van der Waals surface area contributed by atoms with Gasteiger partial charge in [-0.3, -0.25) is 19.3 Å². The zero-order chi connectivity index (χ0) is 22.1. The molecule has 0 spiro atoms. The number of imidazole rings is 1. The van der Waals surface area contributed by atoms with E-state index in [1.165, 1.54) is 17.7 Å². The van der Waals surface area contributed by atoms with Crippen molar-refractivity contribution in [3.8, 4) is 11.3 Å². The van der Waals surface area contributed by atoms with E-state index in [1.807, 2.05) is 30.3 Å². The molecule has 32 heavy (non-hydrogen) atoms. The van der Waals surface area contributed by atoms with Crippen molar-refractivity contribution in [1.29, 1.82) is 0 Å². The monoisotopic (exact) mass is 446 g/mol. The topological polar surface area (TPSA) is 84.3 Å². The summed E-state index contributed by atoms with van der Waals surface area (Å²) in [6.45, 7) is 1.18. The summed E-state index contributed by atoms with van der Waals surface area (Å²) in [6, 6.07) is 14.7. The van der Waals surface area contributed by atoms with Gasteiger partial charge in [0.15, 0.2) is 0 Å². The molecule has 1 N–H and O–H groups in total. The van der Waals surface area contributed by atoms with Gasteiger partial charge >= 0.3 is 0 Å². The Hall–Kier alpha value is -3.39. The molecule has 3 aromatic rings. The first-order valence-electron chi connectivity index (χ1n) is 10.6. The van der Waals surface area contributed by atoms with Crippen molar-refractivity contribution in [3.63, 3.8) is 0 Å². The summed E-state index contributed by atoms with van der Waals surface area (Å²) < 4.78 is 2.21. The number of nitrogens with one attached hydrogen (secondary N) is 1. The molecule has 0 bridgehead atoms. The first-order valence-corrected chi connectivity index (χ1v) is 11.6. The summed E-state index contributed by atoms with van der Waals surface area (Å²) in [4.78, 5) is 42.5. The number of rotatable bonds is 5. The molecule has 5 rings (SSSR count). The summed E-state index contributed by atoms with van der Waals surface area (Å²) in [5.74, 6) is 0.842. The highest BCUT2D eigenvalue weighted by Crippen LogP contribution is 2.25. The van der Waals surface area contributed by atoms with E-state index in [2.05, 4.69) is 16.1 Å². The Bertz CT molecular complexity index is 1180. The van der Waals surface area contributed by atoms with Gasteiger partial charge in [0, 0.05) is 36.0 Å². The van der Waals surface area contributed by atoms with Crippen LogP contribution in [-0.2, 0) is 24.3 Å². The number of thioether (sulfide) groups is 1. The molecule has 3 amide bonds. The van der Waals surface area contributed by atoms with Gasteiger partial charge in [-0.25, -0.2) is 4.98 Å². The Balaban J connectivity index is 1.31. The molecule has 162 valence electrons. The lowest BCUT2D eigenvalue weighted by Gasteiger charge is -2.13. The van der Waals surface area contributed by atoms with Crippen molar-refractivity contribution in [3.05, 3.63) is 71.7 Å². The minimum Gasteiger partial charge on any atom is -0.334 e. The van der Waals surface area contributed by atoms with Crippen molar-refractivity contribution < 1.29 is 14.4 Å². The van der Waals surface area contributed by atoms with Crippen LogP contribution in [0, 0.1) is 0 Å². The largest absolute Gasteiger partial charge is 0.334 e. The van der Waals surface area contributed by atoms with E-state index in [4.69, 9.17) is 4.98 Å². The minimum absolute atomic E-state index is 0.173. The third-order valence-corrected chi connectivity index (χ3v) is 6.55. The van der Waals surface area contributed by atoms with Crippen LogP contribution in [0.5, 0.6) is 0 Å². The number of benzene rings is 2. The third kappa shape index (κ3) is 4.18. The Morgan fingerprint density at radius 3 is 2.78 bits per heavy atom. The van der Waals surface area contributed by atoms with Crippen LogP contribution in [-0.4, -0.2) is 37.3 Å². The lowest BCUT2D eigenvalue weighted by atomic mass is 10.1. The number of anilines is 1. The van der Waals surface area contributed by atoms with Crippen molar-refractivity contribution in [1.82, 2.24) is 14.5 Å². The molecule has 2 aliphatic rings. The zero-order valence-electron chi connectivity index (χ0n) is 17.4. The quantitative estimate of drug-likeness (QED) is 0.631. The van der Waals surface area contributed by atoms with Gasteiger partial charge in [0.2, 0.25) is 5.91 Å². The maximum Gasteiger partial charge on any atom is 0.289 e. The molecule has 1 fully saturated rings. The van der Waals surface area contributed by atoms with Crippen LogP contribution >= 0.6 is 11.8 Å². The predicted octanol–water partition coefficient (Wildman–Crippen LogP) is 4.33. The number of hydrogen-bond donors (Lipinski definition) is 1. The maximum atomic E-state index is 12.9. The van der Waals surface area contributed by atoms with E-state index in [1.54, 1.807) is 18.2 Å². The molecule has 8 heteroatoms. The van der Waals surface area contributed by atoms with Crippen molar-refractivity contribution in [2.24, 2.45) is 0 Å². The fourth-order valence-electron chi connectivity index (χ4n) is 4.04. The Morgan fingerprint density at radius 1 is 1.09 bits per heavy atom. The highest BCUT2D eigenvalue weighted by molar-refractivity contribution is 8.14. The number of fused-ring (bicyclic) bond motifs is 1. The second-order valence-electron chi connectivity index (χ2n) is 7.96. The number of imide groups is 1. The molecular formula is C24H22N4O3S. The van der Waals surface area contributed by atoms with Gasteiger partial charge in [0.05, 0.1) is 18.0 Å². The molecule has 0 atom stereocenters. The lowest BCUT2D eigenvalue weighted by Crippen LogP contribution is -2.28. The van der Waals surface area contributed by atoms with Crippen LogP contribution in [0.25, 0.3) is 11.3 Å². The highest BCUT2D eigenvalue weighted by atomic mass is 32.2. The number of aromatic nitrogens is 2. The van der Waals surface area contributed by atoms with E-state index in [-0.39, 0.29) is 29.4 Å². The minimum atomic E-state index is -0.249. The summed E-state index contributed by atoms with van der Waals surface area (Å²) in [6.07, 6.45) is 5.43. The first-order chi connectivity index (χ1) is 15.6. The molecule has 0 saturated carbocycles. The Kier molecular flexibility index (Phi) is 5.53. The predicted molar refractivity (Wildman–Crippen MR) is 123 cm³/mol. The Morgan fingerprint density at radius 2 is 1.97 bits per heavy atom. The van der Waals surface area contributed by atoms with E-state index < -0.39 is 0 Å². The van der Waals surface area contributed by atoms with Gasteiger partial charge in [-0.1, -0.05) is 36.0 Å². The molecule has 2 aromatic carbocycles. The summed E-state index contributed by atoms with van der Waals surface area (Å²) in [7, 11) is 0. The number of nitrogens with zero attached hydrogens (tertiary/aromatic N) is 3. The van der Waals surface area contributed by atoms with E-state index in [0.717, 1.165) is 47.4 Å². The van der Waals surface area contributed by atoms with Gasteiger partial charge in [0.25, 0.3) is 11.1 Å². The average Bonchev–Trinajstić information content (AvgIpc) is 3.38. The normalized spacial score (nSPS) is 15.7. The first kappa shape index (κ1) is 20.5. The molecule has 1 aromatic heterocycles. The van der Waals surface area contributed by atoms with Gasteiger partial charge in [-0.05, 0) is 42.7 Å². The smallest absolute Gasteiger partial charge is 0.289 e. The number of carbonyl (C=O) groups is 3. The van der Waals surface area contributed by atoms with Gasteiger partial charge in [-0.15, -0.1) is 0 Å². The average molecular weight is 447 g/mol. The summed E-state index contributed by atoms with van der Waals surface area (Å²) in [5.41, 5.74) is 3.77. The molecule has 3 heterocycles. The highest BCUT2D eigenvalue weighted by Gasteiger charge is 2.29. The number of amides is 3. The standard InChI is InChI=1S/C24H22N4O3S/c29-22-15-32-24(31)28(22)13-16-5-3-7-18(11-16)23(30)25-19-8-4-6-17(12-19)20-14-27-10-2-1-9-21(27)26-20/h3-8,11-12,14H,1-2,9-10,13,15H2,(H,25,30). The van der Waals surface area contributed by atoms with Gasteiger partial charge in [-0.2, -0.15) is 0 Å². The van der Waals surface area contributed by atoms with E-state index in [9.17, 15) is 14.4 Å². The van der Waals surface area contributed by atoms with Crippen LogP contribution in [0.1, 0.15) is 34.6 Å². The molecule has 1 saturated heterocycles. The van der Waals surface area contributed by atoms with E-state index >= 15 is 0 Å². The lowest BCUT2D eigenvalue weighted by molar-refractivity contribution is -0.125.